The van der Waals surface area contributed by atoms with E-state index in [2.05, 4.69) is 28.9 Å². The summed E-state index contributed by atoms with van der Waals surface area (Å²) >= 11 is 1.78. The Morgan fingerprint density at radius 2 is 1.97 bits per heavy atom. The van der Waals surface area contributed by atoms with Gasteiger partial charge in [0.2, 0.25) is 5.91 Å². The van der Waals surface area contributed by atoms with Gasteiger partial charge in [0, 0.05) is 23.0 Å². The SMILES string of the molecule is COc1ccc(OC)c(C(C)NCC(=O)N2CCc3sccc3C2c2ccccc2)c1. The fraction of sp³-hybridized carbons (Fsp3) is 0.320. The molecular formula is C25H28N2O3S. The van der Waals surface area contributed by atoms with Crippen LogP contribution in [0.3, 0.4) is 0 Å². The highest BCUT2D eigenvalue weighted by atomic mass is 32.1. The van der Waals surface area contributed by atoms with Crippen LogP contribution in [-0.4, -0.2) is 38.1 Å². The van der Waals surface area contributed by atoms with Crippen LogP contribution in [0.25, 0.3) is 0 Å². The first-order chi connectivity index (χ1) is 15.1. The van der Waals surface area contributed by atoms with E-state index in [1.807, 2.05) is 48.2 Å². The van der Waals surface area contributed by atoms with Crippen LogP contribution < -0.4 is 14.8 Å². The number of rotatable bonds is 7. The molecule has 0 fully saturated rings. The molecule has 4 rings (SSSR count). The molecule has 0 saturated carbocycles. The number of fused-ring (bicyclic) bond motifs is 1. The number of benzene rings is 2. The molecule has 1 amide bonds. The number of carbonyl (C=O) groups excluding carboxylic acids is 1. The molecule has 0 radical (unpaired) electrons. The summed E-state index contributed by atoms with van der Waals surface area (Å²) in [6, 6.07) is 18.1. The lowest BCUT2D eigenvalue weighted by Gasteiger charge is -2.36. The number of hydrogen-bond donors (Lipinski definition) is 1. The second kappa shape index (κ2) is 9.54. The number of carbonyl (C=O) groups is 1. The van der Waals surface area contributed by atoms with Gasteiger partial charge in [-0.2, -0.15) is 0 Å². The Labute approximate surface area is 187 Å². The van der Waals surface area contributed by atoms with E-state index >= 15 is 0 Å². The van der Waals surface area contributed by atoms with Crippen molar-refractivity contribution in [2.75, 3.05) is 27.3 Å². The quantitative estimate of drug-likeness (QED) is 0.589. The number of methoxy groups -OCH3 is 2. The van der Waals surface area contributed by atoms with Crippen molar-refractivity contribution in [3.05, 3.63) is 81.5 Å². The summed E-state index contributed by atoms with van der Waals surface area (Å²) in [5, 5.41) is 5.52. The van der Waals surface area contributed by atoms with E-state index in [1.54, 1.807) is 25.6 Å². The predicted molar refractivity (Wildman–Crippen MR) is 124 cm³/mol. The maximum absolute atomic E-state index is 13.3. The Hall–Kier alpha value is -2.83. The largest absolute Gasteiger partial charge is 0.497 e. The van der Waals surface area contributed by atoms with Crippen LogP contribution in [0.1, 0.15) is 40.6 Å². The van der Waals surface area contributed by atoms with Crippen LogP contribution in [-0.2, 0) is 11.2 Å². The van der Waals surface area contributed by atoms with Crippen molar-refractivity contribution >= 4 is 17.2 Å². The average molecular weight is 437 g/mol. The van der Waals surface area contributed by atoms with Crippen LogP contribution in [0.15, 0.2) is 60.0 Å². The number of nitrogens with zero attached hydrogens (tertiary/aromatic N) is 1. The summed E-state index contributed by atoms with van der Waals surface area (Å²) in [6.07, 6.45) is 0.904. The van der Waals surface area contributed by atoms with E-state index in [4.69, 9.17) is 9.47 Å². The number of thiophene rings is 1. The molecule has 1 N–H and O–H groups in total. The smallest absolute Gasteiger partial charge is 0.237 e. The molecule has 31 heavy (non-hydrogen) atoms. The van der Waals surface area contributed by atoms with Gasteiger partial charge in [0.05, 0.1) is 26.8 Å². The molecule has 0 spiro atoms. The third-order valence-electron chi connectivity index (χ3n) is 5.86. The molecule has 2 heterocycles. The van der Waals surface area contributed by atoms with Crippen LogP contribution >= 0.6 is 11.3 Å². The topological polar surface area (TPSA) is 50.8 Å². The van der Waals surface area contributed by atoms with Gasteiger partial charge in [-0.1, -0.05) is 30.3 Å². The number of hydrogen-bond acceptors (Lipinski definition) is 5. The molecule has 0 aliphatic carbocycles. The Balaban J connectivity index is 1.52. The number of ether oxygens (including phenoxy) is 2. The zero-order valence-corrected chi connectivity index (χ0v) is 18.9. The first kappa shape index (κ1) is 21.4. The van der Waals surface area contributed by atoms with Gasteiger partial charge in [-0.15, -0.1) is 11.3 Å². The maximum Gasteiger partial charge on any atom is 0.237 e. The molecule has 0 bridgehead atoms. The summed E-state index contributed by atoms with van der Waals surface area (Å²) in [5.41, 5.74) is 3.36. The standard InChI is InChI=1S/C25H28N2O3S/c1-17(21-15-19(29-2)9-10-22(21)30-3)26-16-24(28)27-13-11-23-20(12-14-31-23)25(27)18-7-5-4-6-8-18/h4-10,12,14-15,17,25-26H,11,13,16H2,1-3H3. The van der Waals surface area contributed by atoms with Gasteiger partial charge >= 0.3 is 0 Å². The van der Waals surface area contributed by atoms with E-state index < -0.39 is 0 Å². The summed E-state index contributed by atoms with van der Waals surface area (Å²) in [6.45, 7) is 3.02. The molecule has 5 nitrogen and oxygen atoms in total. The second-order valence-corrected chi connectivity index (χ2v) is 8.66. The zero-order valence-electron chi connectivity index (χ0n) is 18.1. The van der Waals surface area contributed by atoms with Gasteiger partial charge in [0.15, 0.2) is 0 Å². The van der Waals surface area contributed by atoms with E-state index in [0.717, 1.165) is 35.6 Å². The Kier molecular flexibility index (Phi) is 6.59. The fourth-order valence-corrected chi connectivity index (χ4v) is 5.11. The molecule has 1 aliphatic rings. The van der Waals surface area contributed by atoms with Gasteiger partial charge in [0.25, 0.3) is 0 Å². The van der Waals surface area contributed by atoms with Crippen molar-refractivity contribution in [3.8, 4) is 11.5 Å². The number of nitrogens with one attached hydrogen (secondary N) is 1. The van der Waals surface area contributed by atoms with Crippen molar-refractivity contribution in [1.29, 1.82) is 0 Å². The van der Waals surface area contributed by atoms with E-state index in [0.29, 0.717) is 0 Å². The van der Waals surface area contributed by atoms with Crippen LogP contribution in [0.2, 0.25) is 0 Å². The third-order valence-corrected chi connectivity index (χ3v) is 6.86. The normalized spacial score (nSPS) is 16.5. The average Bonchev–Trinajstić information content (AvgIpc) is 3.30. The summed E-state index contributed by atoms with van der Waals surface area (Å²) in [7, 11) is 3.30. The molecule has 2 unspecified atom stereocenters. The van der Waals surface area contributed by atoms with Crippen molar-refractivity contribution < 1.29 is 14.3 Å². The van der Waals surface area contributed by atoms with Crippen LogP contribution in [0, 0.1) is 0 Å². The lowest BCUT2D eigenvalue weighted by Crippen LogP contribution is -2.44. The Morgan fingerprint density at radius 1 is 1.16 bits per heavy atom. The number of amides is 1. The first-order valence-corrected chi connectivity index (χ1v) is 11.4. The van der Waals surface area contributed by atoms with Gasteiger partial charge in [-0.05, 0) is 54.1 Å². The highest BCUT2D eigenvalue weighted by molar-refractivity contribution is 7.10. The van der Waals surface area contributed by atoms with E-state index in [1.165, 1.54) is 10.4 Å². The minimum atomic E-state index is -0.0642. The molecule has 3 aromatic rings. The minimum Gasteiger partial charge on any atom is -0.497 e. The highest BCUT2D eigenvalue weighted by Gasteiger charge is 2.32. The zero-order chi connectivity index (χ0) is 21.8. The second-order valence-electron chi connectivity index (χ2n) is 7.66. The lowest BCUT2D eigenvalue weighted by molar-refractivity contribution is -0.132. The molecule has 0 saturated heterocycles. The van der Waals surface area contributed by atoms with Gasteiger partial charge in [-0.3, -0.25) is 4.79 Å². The first-order valence-electron chi connectivity index (χ1n) is 10.5. The van der Waals surface area contributed by atoms with Crippen molar-refractivity contribution in [2.24, 2.45) is 0 Å². The van der Waals surface area contributed by atoms with E-state index in [-0.39, 0.29) is 24.5 Å². The molecule has 2 atom stereocenters. The Bertz CT molecular complexity index is 1030. The van der Waals surface area contributed by atoms with Gasteiger partial charge in [0.1, 0.15) is 11.5 Å². The fourth-order valence-electron chi connectivity index (χ4n) is 4.21. The molecule has 1 aliphatic heterocycles. The molecular weight excluding hydrogens is 408 g/mol. The summed E-state index contributed by atoms with van der Waals surface area (Å²) in [5.74, 6) is 1.64. The summed E-state index contributed by atoms with van der Waals surface area (Å²) in [4.78, 5) is 16.7. The Morgan fingerprint density at radius 3 is 2.71 bits per heavy atom. The van der Waals surface area contributed by atoms with Gasteiger partial charge in [-0.25, -0.2) is 0 Å². The highest BCUT2D eigenvalue weighted by Crippen LogP contribution is 2.37. The maximum atomic E-state index is 13.3. The molecule has 6 heteroatoms. The van der Waals surface area contributed by atoms with Gasteiger partial charge < -0.3 is 19.7 Å². The van der Waals surface area contributed by atoms with Crippen molar-refractivity contribution in [1.82, 2.24) is 10.2 Å². The molecule has 1 aromatic heterocycles. The minimum absolute atomic E-state index is 0.0350. The molecule has 162 valence electrons. The van der Waals surface area contributed by atoms with Crippen LogP contribution in [0.5, 0.6) is 11.5 Å². The predicted octanol–water partition coefficient (Wildman–Crippen LogP) is 4.59. The summed E-state index contributed by atoms with van der Waals surface area (Å²) < 4.78 is 10.9. The third kappa shape index (κ3) is 4.45. The van der Waals surface area contributed by atoms with Crippen LogP contribution in [0.4, 0.5) is 0 Å². The monoisotopic (exact) mass is 436 g/mol. The van der Waals surface area contributed by atoms with Crippen molar-refractivity contribution in [2.45, 2.75) is 25.4 Å². The molecule has 2 aromatic carbocycles. The van der Waals surface area contributed by atoms with Crippen molar-refractivity contribution in [3.63, 3.8) is 0 Å². The lowest BCUT2D eigenvalue weighted by atomic mass is 9.93. The van der Waals surface area contributed by atoms with E-state index in [9.17, 15) is 4.79 Å².